The van der Waals surface area contributed by atoms with Gasteiger partial charge in [-0.25, -0.2) is 14.4 Å². The number of anilines is 1. The third-order valence-corrected chi connectivity index (χ3v) is 4.71. The van der Waals surface area contributed by atoms with Gasteiger partial charge >= 0.3 is 0 Å². The van der Waals surface area contributed by atoms with Gasteiger partial charge in [0.2, 0.25) is 0 Å². The first kappa shape index (κ1) is 16.7. The molecule has 132 valence electrons. The standard InChI is InChI=1S/C21H21FN4/c1-25-11-13-26(14-12-25)20-15-19(16-7-9-18(22)10-8-16)23-21(24-20)17-5-3-2-4-6-17/h2-10,15H,11-14H2,1H3. The Hall–Kier alpha value is -2.79. The van der Waals surface area contributed by atoms with Gasteiger partial charge in [0, 0.05) is 43.4 Å². The van der Waals surface area contributed by atoms with Crippen LogP contribution in [0.15, 0.2) is 60.7 Å². The summed E-state index contributed by atoms with van der Waals surface area (Å²) in [5.41, 5.74) is 2.68. The molecule has 1 aliphatic heterocycles. The molecule has 0 bridgehead atoms. The molecule has 0 unspecified atom stereocenters. The monoisotopic (exact) mass is 348 g/mol. The van der Waals surface area contributed by atoms with Crippen LogP contribution in [-0.4, -0.2) is 48.1 Å². The zero-order valence-electron chi connectivity index (χ0n) is 14.8. The zero-order valence-corrected chi connectivity index (χ0v) is 14.8. The second kappa shape index (κ2) is 7.22. The molecule has 1 aromatic heterocycles. The molecule has 2 aromatic carbocycles. The van der Waals surface area contributed by atoms with Crippen LogP contribution in [0.25, 0.3) is 22.6 Å². The van der Waals surface area contributed by atoms with E-state index in [0.717, 1.165) is 48.8 Å². The summed E-state index contributed by atoms with van der Waals surface area (Å²) in [6.07, 6.45) is 0. The number of nitrogens with zero attached hydrogens (tertiary/aromatic N) is 4. The number of hydrogen-bond acceptors (Lipinski definition) is 4. The first-order valence-electron chi connectivity index (χ1n) is 8.83. The SMILES string of the molecule is CN1CCN(c2cc(-c3ccc(F)cc3)nc(-c3ccccc3)n2)CC1. The van der Waals surface area contributed by atoms with Crippen LogP contribution in [0.1, 0.15) is 0 Å². The third-order valence-electron chi connectivity index (χ3n) is 4.71. The minimum Gasteiger partial charge on any atom is -0.354 e. The molecule has 3 aromatic rings. The topological polar surface area (TPSA) is 32.3 Å². The van der Waals surface area contributed by atoms with E-state index in [9.17, 15) is 4.39 Å². The Kier molecular flexibility index (Phi) is 4.63. The highest BCUT2D eigenvalue weighted by molar-refractivity contribution is 5.68. The lowest BCUT2D eigenvalue weighted by Gasteiger charge is -2.33. The Morgan fingerprint density at radius 1 is 0.808 bits per heavy atom. The van der Waals surface area contributed by atoms with E-state index in [1.165, 1.54) is 12.1 Å². The van der Waals surface area contributed by atoms with Gasteiger partial charge in [-0.15, -0.1) is 0 Å². The maximum atomic E-state index is 13.3. The summed E-state index contributed by atoms with van der Waals surface area (Å²) in [5.74, 6) is 1.37. The van der Waals surface area contributed by atoms with Crippen molar-refractivity contribution < 1.29 is 4.39 Å². The van der Waals surface area contributed by atoms with Crippen molar-refractivity contribution in [3.8, 4) is 22.6 Å². The summed E-state index contributed by atoms with van der Waals surface area (Å²) in [7, 11) is 2.14. The third kappa shape index (κ3) is 3.58. The fourth-order valence-electron chi connectivity index (χ4n) is 3.12. The first-order valence-corrected chi connectivity index (χ1v) is 8.83. The number of likely N-dealkylation sites (N-methyl/N-ethyl adjacent to an activating group) is 1. The summed E-state index contributed by atoms with van der Waals surface area (Å²) in [4.78, 5) is 14.2. The van der Waals surface area contributed by atoms with Crippen molar-refractivity contribution in [2.45, 2.75) is 0 Å². The minimum absolute atomic E-state index is 0.245. The normalized spacial score (nSPS) is 15.2. The van der Waals surface area contributed by atoms with Crippen molar-refractivity contribution in [3.63, 3.8) is 0 Å². The maximum Gasteiger partial charge on any atom is 0.162 e. The summed E-state index contributed by atoms with van der Waals surface area (Å²) < 4.78 is 13.3. The average molecular weight is 348 g/mol. The smallest absolute Gasteiger partial charge is 0.162 e. The summed E-state index contributed by atoms with van der Waals surface area (Å²) in [6.45, 7) is 3.89. The van der Waals surface area contributed by atoms with Gasteiger partial charge in [-0.3, -0.25) is 0 Å². The zero-order chi connectivity index (χ0) is 17.9. The highest BCUT2D eigenvalue weighted by atomic mass is 19.1. The van der Waals surface area contributed by atoms with E-state index in [1.807, 2.05) is 36.4 Å². The molecule has 0 aliphatic carbocycles. The fourth-order valence-corrected chi connectivity index (χ4v) is 3.12. The average Bonchev–Trinajstić information content (AvgIpc) is 2.69. The Labute approximate surface area is 152 Å². The number of hydrogen-bond donors (Lipinski definition) is 0. The number of halogens is 1. The highest BCUT2D eigenvalue weighted by Crippen LogP contribution is 2.26. The molecular weight excluding hydrogens is 327 g/mol. The summed E-state index contributed by atoms with van der Waals surface area (Å²) in [5, 5.41) is 0. The molecule has 4 nitrogen and oxygen atoms in total. The molecule has 4 rings (SSSR count). The molecule has 0 atom stereocenters. The predicted molar refractivity (Wildman–Crippen MR) is 103 cm³/mol. The lowest BCUT2D eigenvalue weighted by Crippen LogP contribution is -2.44. The van der Waals surface area contributed by atoms with E-state index in [1.54, 1.807) is 12.1 Å². The van der Waals surface area contributed by atoms with Gasteiger partial charge in [-0.1, -0.05) is 30.3 Å². The van der Waals surface area contributed by atoms with Crippen molar-refractivity contribution in [1.29, 1.82) is 0 Å². The molecule has 0 N–H and O–H groups in total. The highest BCUT2D eigenvalue weighted by Gasteiger charge is 2.18. The van der Waals surface area contributed by atoms with E-state index in [2.05, 4.69) is 16.8 Å². The first-order chi connectivity index (χ1) is 12.7. The van der Waals surface area contributed by atoms with Crippen molar-refractivity contribution in [3.05, 3.63) is 66.5 Å². The second-order valence-corrected chi connectivity index (χ2v) is 6.60. The van der Waals surface area contributed by atoms with Crippen molar-refractivity contribution >= 4 is 5.82 Å². The van der Waals surface area contributed by atoms with Gasteiger partial charge in [0.15, 0.2) is 5.82 Å². The Bertz CT molecular complexity index is 872. The largest absolute Gasteiger partial charge is 0.354 e. The predicted octanol–water partition coefficient (Wildman–Crippen LogP) is 3.70. The molecule has 26 heavy (non-hydrogen) atoms. The van der Waals surface area contributed by atoms with Gasteiger partial charge in [0.1, 0.15) is 11.6 Å². The van der Waals surface area contributed by atoms with Crippen molar-refractivity contribution in [2.24, 2.45) is 0 Å². The van der Waals surface area contributed by atoms with E-state index >= 15 is 0 Å². The summed E-state index contributed by atoms with van der Waals surface area (Å²) >= 11 is 0. The van der Waals surface area contributed by atoms with E-state index in [4.69, 9.17) is 9.97 Å². The molecule has 0 amide bonds. The molecule has 0 saturated carbocycles. The van der Waals surface area contributed by atoms with Crippen LogP contribution in [-0.2, 0) is 0 Å². The quantitative estimate of drug-likeness (QED) is 0.722. The Morgan fingerprint density at radius 3 is 2.19 bits per heavy atom. The molecular formula is C21H21FN4. The minimum atomic E-state index is -0.245. The van der Waals surface area contributed by atoms with E-state index in [0.29, 0.717) is 5.82 Å². The molecule has 1 fully saturated rings. The molecule has 1 aliphatic rings. The van der Waals surface area contributed by atoms with Gasteiger partial charge in [-0.2, -0.15) is 0 Å². The van der Waals surface area contributed by atoms with Crippen LogP contribution in [0.2, 0.25) is 0 Å². The lowest BCUT2D eigenvalue weighted by atomic mass is 10.1. The van der Waals surface area contributed by atoms with Crippen LogP contribution in [0.3, 0.4) is 0 Å². The molecule has 0 radical (unpaired) electrons. The lowest BCUT2D eigenvalue weighted by molar-refractivity contribution is 0.312. The van der Waals surface area contributed by atoms with Gasteiger partial charge in [-0.05, 0) is 31.3 Å². The summed E-state index contributed by atoms with van der Waals surface area (Å²) in [6, 6.07) is 18.4. The maximum absolute atomic E-state index is 13.3. The van der Waals surface area contributed by atoms with Crippen LogP contribution < -0.4 is 4.90 Å². The number of benzene rings is 2. The van der Waals surface area contributed by atoms with Gasteiger partial charge in [0.05, 0.1) is 5.69 Å². The Morgan fingerprint density at radius 2 is 1.50 bits per heavy atom. The number of rotatable bonds is 3. The van der Waals surface area contributed by atoms with Crippen molar-refractivity contribution in [2.75, 3.05) is 38.1 Å². The molecule has 1 saturated heterocycles. The van der Waals surface area contributed by atoms with Gasteiger partial charge < -0.3 is 9.80 Å². The van der Waals surface area contributed by atoms with Crippen molar-refractivity contribution in [1.82, 2.24) is 14.9 Å². The molecule has 2 heterocycles. The van der Waals surface area contributed by atoms with Gasteiger partial charge in [0.25, 0.3) is 0 Å². The van der Waals surface area contributed by atoms with E-state index in [-0.39, 0.29) is 5.82 Å². The van der Waals surface area contributed by atoms with Crippen LogP contribution >= 0.6 is 0 Å². The number of aromatic nitrogens is 2. The van der Waals surface area contributed by atoms with Crippen LogP contribution in [0.4, 0.5) is 10.2 Å². The van der Waals surface area contributed by atoms with Crippen LogP contribution in [0.5, 0.6) is 0 Å². The van der Waals surface area contributed by atoms with Crippen LogP contribution in [0, 0.1) is 5.82 Å². The van der Waals surface area contributed by atoms with E-state index < -0.39 is 0 Å². The Balaban J connectivity index is 1.78. The fraction of sp³-hybridized carbons (Fsp3) is 0.238. The molecule has 5 heteroatoms. The molecule has 0 spiro atoms. The second-order valence-electron chi connectivity index (χ2n) is 6.60. The number of piperazine rings is 1.